The number of nitrogens with one attached hydrogen (secondary N) is 1. The van der Waals surface area contributed by atoms with Crippen LogP contribution in [0, 0.1) is 18.3 Å². The highest BCUT2D eigenvalue weighted by Gasteiger charge is 2.16. The number of hydrogen-bond acceptors (Lipinski definition) is 2. The smallest absolute Gasteiger partial charge is 0.0468 e. The first-order valence-electron chi connectivity index (χ1n) is 6.57. The van der Waals surface area contributed by atoms with E-state index in [2.05, 4.69) is 18.2 Å². The zero-order valence-corrected chi connectivity index (χ0v) is 10.5. The lowest BCUT2D eigenvalue weighted by Crippen LogP contribution is -2.31. The molecule has 1 aliphatic rings. The maximum Gasteiger partial charge on any atom is 0.0468 e. The van der Waals surface area contributed by atoms with Crippen molar-refractivity contribution < 1.29 is 4.74 Å². The Labute approximate surface area is 100 Å². The van der Waals surface area contributed by atoms with Crippen LogP contribution in [0.1, 0.15) is 45.4 Å². The molecule has 92 valence electrons. The van der Waals surface area contributed by atoms with Gasteiger partial charge in [-0.2, -0.15) is 0 Å². The van der Waals surface area contributed by atoms with Crippen molar-refractivity contribution in [3.63, 3.8) is 0 Å². The maximum absolute atomic E-state index is 5.37. The average molecular weight is 223 g/mol. The molecule has 0 aromatic carbocycles. The van der Waals surface area contributed by atoms with E-state index in [0.29, 0.717) is 6.04 Å². The second-order valence-electron chi connectivity index (χ2n) is 4.81. The Morgan fingerprint density at radius 1 is 1.38 bits per heavy atom. The first-order chi connectivity index (χ1) is 7.83. The first-order valence-corrected chi connectivity index (χ1v) is 6.57. The third kappa shape index (κ3) is 6.15. The summed E-state index contributed by atoms with van der Waals surface area (Å²) in [6.45, 7) is 5.31. The van der Waals surface area contributed by atoms with Gasteiger partial charge in [0, 0.05) is 25.7 Å². The van der Waals surface area contributed by atoms with Crippen molar-refractivity contribution in [3.8, 4) is 12.3 Å². The van der Waals surface area contributed by atoms with Crippen LogP contribution in [0.25, 0.3) is 0 Å². The molecular formula is C14H25NO. The van der Waals surface area contributed by atoms with Gasteiger partial charge in [-0.1, -0.05) is 0 Å². The highest BCUT2D eigenvalue weighted by atomic mass is 16.5. The van der Waals surface area contributed by atoms with Gasteiger partial charge in [-0.25, -0.2) is 0 Å². The minimum atomic E-state index is 0.633. The molecule has 0 saturated carbocycles. The Kier molecular flexibility index (Phi) is 7.29. The van der Waals surface area contributed by atoms with Gasteiger partial charge in [0.1, 0.15) is 0 Å². The van der Waals surface area contributed by atoms with Crippen LogP contribution in [-0.2, 0) is 4.74 Å². The number of hydrogen-bond donors (Lipinski definition) is 1. The summed E-state index contributed by atoms with van der Waals surface area (Å²) in [5, 5.41) is 3.58. The Hall–Kier alpha value is -0.520. The molecule has 1 N–H and O–H groups in total. The predicted octanol–water partition coefficient (Wildman–Crippen LogP) is 2.58. The highest BCUT2D eigenvalue weighted by molar-refractivity contribution is 4.83. The molecule has 1 saturated heterocycles. The third-order valence-corrected chi connectivity index (χ3v) is 3.27. The molecule has 0 aromatic rings. The lowest BCUT2D eigenvalue weighted by molar-refractivity contribution is 0.0612. The lowest BCUT2D eigenvalue weighted by Gasteiger charge is -2.25. The second-order valence-corrected chi connectivity index (χ2v) is 4.81. The molecule has 0 aliphatic carbocycles. The molecule has 0 radical (unpaired) electrons. The van der Waals surface area contributed by atoms with Crippen LogP contribution in [0.5, 0.6) is 0 Å². The Balaban J connectivity index is 1.97. The van der Waals surface area contributed by atoms with Gasteiger partial charge in [-0.3, -0.25) is 0 Å². The summed E-state index contributed by atoms with van der Waals surface area (Å²) in [4.78, 5) is 0. The minimum absolute atomic E-state index is 0.633. The van der Waals surface area contributed by atoms with E-state index in [1.807, 2.05) is 0 Å². The first kappa shape index (κ1) is 13.5. The van der Waals surface area contributed by atoms with E-state index in [1.54, 1.807) is 0 Å². The standard InChI is InChI=1S/C14H25NO/c1-3-4-5-6-9-15-13(2)12-14-7-10-16-11-8-14/h1,13-15H,4-12H2,2H3. The summed E-state index contributed by atoms with van der Waals surface area (Å²) in [5.41, 5.74) is 0. The predicted molar refractivity (Wildman–Crippen MR) is 68.3 cm³/mol. The molecule has 0 bridgehead atoms. The number of terminal acetylenes is 1. The molecule has 1 rings (SSSR count). The van der Waals surface area contributed by atoms with E-state index in [9.17, 15) is 0 Å². The van der Waals surface area contributed by atoms with Crippen molar-refractivity contribution in [3.05, 3.63) is 0 Å². The molecule has 1 unspecified atom stereocenters. The van der Waals surface area contributed by atoms with E-state index in [-0.39, 0.29) is 0 Å². The number of unbranched alkanes of at least 4 members (excludes halogenated alkanes) is 2. The van der Waals surface area contributed by atoms with Gasteiger partial charge in [0.25, 0.3) is 0 Å². The van der Waals surface area contributed by atoms with Crippen LogP contribution in [-0.4, -0.2) is 25.8 Å². The van der Waals surface area contributed by atoms with Gasteiger partial charge in [0.05, 0.1) is 0 Å². The summed E-state index contributed by atoms with van der Waals surface area (Å²) in [6.07, 6.45) is 12.2. The van der Waals surface area contributed by atoms with Crippen LogP contribution < -0.4 is 5.32 Å². The summed E-state index contributed by atoms with van der Waals surface area (Å²) >= 11 is 0. The van der Waals surface area contributed by atoms with E-state index in [0.717, 1.165) is 38.5 Å². The Morgan fingerprint density at radius 2 is 2.12 bits per heavy atom. The molecule has 0 aromatic heterocycles. The zero-order valence-electron chi connectivity index (χ0n) is 10.5. The average Bonchev–Trinajstić information content (AvgIpc) is 2.30. The maximum atomic E-state index is 5.37. The fourth-order valence-corrected chi connectivity index (χ4v) is 2.27. The monoisotopic (exact) mass is 223 g/mol. The van der Waals surface area contributed by atoms with E-state index in [1.165, 1.54) is 25.7 Å². The summed E-state index contributed by atoms with van der Waals surface area (Å²) in [5.74, 6) is 3.54. The zero-order chi connectivity index (χ0) is 11.6. The molecule has 0 amide bonds. The summed E-state index contributed by atoms with van der Waals surface area (Å²) in [6, 6.07) is 0.633. The molecular weight excluding hydrogens is 198 g/mol. The Bertz CT molecular complexity index is 203. The van der Waals surface area contributed by atoms with Gasteiger partial charge in [-0.15, -0.1) is 12.3 Å². The van der Waals surface area contributed by atoms with Gasteiger partial charge < -0.3 is 10.1 Å². The lowest BCUT2D eigenvalue weighted by atomic mass is 9.93. The minimum Gasteiger partial charge on any atom is -0.381 e. The highest BCUT2D eigenvalue weighted by Crippen LogP contribution is 2.19. The van der Waals surface area contributed by atoms with E-state index < -0.39 is 0 Å². The van der Waals surface area contributed by atoms with Crippen molar-refractivity contribution in [2.24, 2.45) is 5.92 Å². The molecule has 1 heterocycles. The van der Waals surface area contributed by atoms with Crippen LogP contribution in [0.2, 0.25) is 0 Å². The normalized spacial score (nSPS) is 19.2. The molecule has 2 heteroatoms. The van der Waals surface area contributed by atoms with Gasteiger partial charge in [-0.05, 0) is 51.5 Å². The van der Waals surface area contributed by atoms with Crippen molar-refractivity contribution in [1.29, 1.82) is 0 Å². The molecule has 1 atom stereocenters. The van der Waals surface area contributed by atoms with Gasteiger partial charge >= 0.3 is 0 Å². The van der Waals surface area contributed by atoms with Gasteiger partial charge in [0.15, 0.2) is 0 Å². The van der Waals surface area contributed by atoms with Crippen LogP contribution in [0.3, 0.4) is 0 Å². The van der Waals surface area contributed by atoms with Gasteiger partial charge in [0.2, 0.25) is 0 Å². The van der Waals surface area contributed by atoms with Crippen LogP contribution >= 0.6 is 0 Å². The fourth-order valence-electron chi connectivity index (χ4n) is 2.27. The van der Waals surface area contributed by atoms with Crippen molar-refractivity contribution >= 4 is 0 Å². The molecule has 2 nitrogen and oxygen atoms in total. The van der Waals surface area contributed by atoms with Crippen molar-refractivity contribution in [2.45, 2.75) is 51.5 Å². The molecule has 1 aliphatic heterocycles. The number of rotatable bonds is 7. The SMILES string of the molecule is C#CCCCCNC(C)CC1CCOCC1. The Morgan fingerprint density at radius 3 is 2.81 bits per heavy atom. The van der Waals surface area contributed by atoms with Crippen molar-refractivity contribution in [2.75, 3.05) is 19.8 Å². The molecule has 1 fully saturated rings. The fraction of sp³-hybridized carbons (Fsp3) is 0.857. The quantitative estimate of drug-likeness (QED) is 0.529. The third-order valence-electron chi connectivity index (χ3n) is 3.27. The second kappa shape index (κ2) is 8.61. The van der Waals surface area contributed by atoms with E-state index >= 15 is 0 Å². The van der Waals surface area contributed by atoms with E-state index in [4.69, 9.17) is 11.2 Å². The topological polar surface area (TPSA) is 21.3 Å². The molecule has 16 heavy (non-hydrogen) atoms. The summed E-state index contributed by atoms with van der Waals surface area (Å²) in [7, 11) is 0. The number of ether oxygens (including phenoxy) is 1. The largest absolute Gasteiger partial charge is 0.381 e. The van der Waals surface area contributed by atoms with Crippen molar-refractivity contribution in [1.82, 2.24) is 5.32 Å². The summed E-state index contributed by atoms with van der Waals surface area (Å²) < 4.78 is 5.37. The van der Waals surface area contributed by atoms with Crippen LogP contribution in [0.4, 0.5) is 0 Å². The molecule has 0 spiro atoms. The van der Waals surface area contributed by atoms with Crippen LogP contribution in [0.15, 0.2) is 0 Å².